The van der Waals surface area contributed by atoms with E-state index in [-0.39, 0.29) is 24.3 Å². The van der Waals surface area contributed by atoms with E-state index in [0.717, 1.165) is 5.56 Å². The topological polar surface area (TPSA) is 86.1 Å². The Labute approximate surface area is 167 Å². The average molecular weight is 409 g/mol. The number of nitrogens with zero attached hydrogens (tertiary/aromatic N) is 3. The van der Waals surface area contributed by atoms with E-state index in [0.29, 0.717) is 22.5 Å². The second-order valence-electron chi connectivity index (χ2n) is 5.88. The van der Waals surface area contributed by atoms with Crippen molar-refractivity contribution in [3.8, 4) is 11.4 Å². The Bertz CT molecular complexity index is 805. The lowest BCUT2D eigenvalue weighted by molar-refractivity contribution is -0.146. The Kier molecular flexibility index (Phi) is 7.87. The molecule has 9 heteroatoms. The van der Waals surface area contributed by atoms with Crippen molar-refractivity contribution in [3.05, 3.63) is 41.9 Å². The van der Waals surface area contributed by atoms with E-state index >= 15 is 0 Å². The molecule has 0 unspecified atom stereocenters. The summed E-state index contributed by atoms with van der Waals surface area (Å²) in [7, 11) is 0. The van der Waals surface area contributed by atoms with E-state index in [9.17, 15) is 9.59 Å². The van der Waals surface area contributed by atoms with Crippen LogP contribution in [0.25, 0.3) is 11.4 Å². The summed E-state index contributed by atoms with van der Waals surface area (Å²) in [5.74, 6) is -0.160. The summed E-state index contributed by atoms with van der Waals surface area (Å²) in [5.41, 5.74) is 0.855. The van der Waals surface area contributed by atoms with Crippen molar-refractivity contribution in [1.29, 1.82) is 0 Å². The van der Waals surface area contributed by atoms with E-state index in [2.05, 4.69) is 22.1 Å². The summed E-state index contributed by atoms with van der Waals surface area (Å²) in [6.45, 7) is 7.60. The van der Waals surface area contributed by atoms with Crippen LogP contribution < -0.4 is 5.32 Å². The minimum atomic E-state index is -0.500. The normalized spacial score (nSPS) is 10.7. The molecule has 0 atom stereocenters. The highest BCUT2D eigenvalue weighted by Gasteiger charge is 2.16. The molecule has 0 aliphatic rings. The number of esters is 1. The first kappa shape index (κ1) is 21.0. The van der Waals surface area contributed by atoms with Crippen LogP contribution >= 0.6 is 23.4 Å². The molecular formula is C18H21ClN4O3S. The quantitative estimate of drug-likeness (QED) is 0.390. The molecule has 144 valence electrons. The zero-order valence-corrected chi connectivity index (χ0v) is 16.7. The van der Waals surface area contributed by atoms with Crippen LogP contribution in [-0.2, 0) is 20.9 Å². The van der Waals surface area contributed by atoms with E-state index < -0.39 is 5.97 Å². The van der Waals surface area contributed by atoms with Gasteiger partial charge in [-0.15, -0.1) is 16.8 Å². The summed E-state index contributed by atoms with van der Waals surface area (Å²) < 4.78 is 6.81. The van der Waals surface area contributed by atoms with Crippen LogP contribution in [0.4, 0.5) is 0 Å². The predicted molar refractivity (Wildman–Crippen MR) is 106 cm³/mol. The van der Waals surface area contributed by atoms with Crippen LogP contribution in [0.5, 0.6) is 0 Å². The average Bonchev–Trinajstić information content (AvgIpc) is 3.01. The number of ether oxygens (including phenoxy) is 1. The third-order valence-corrected chi connectivity index (χ3v) is 4.46. The molecule has 1 heterocycles. The molecule has 7 nitrogen and oxygen atoms in total. The van der Waals surface area contributed by atoms with Gasteiger partial charge in [0.1, 0.15) is 0 Å². The Morgan fingerprint density at radius 3 is 2.67 bits per heavy atom. The van der Waals surface area contributed by atoms with Gasteiger partial charge in [-0.2, -0.15) is 0 Å². The summed E-state index contributed by atoms with van der Waals surface area (Å²) in [5, 5.41) is 12.2. The molecule has 0 saturated carbocycles. The second-order valence-corrected chi connectivity index (χ2v) is 7.26. The largest absolute Gasteiger partial charge is 0.455 e. The van der Waals surface area contributed by atoms with E-state index in [1.807, 2.05) is 30.5 Å². The highest BCUT2D eigenvalue weighted by molar-refractivity contribution is 7.99. The van der Waals surface area contributed by atoms with Gasteiger partial charge in [0, 0.05) is 23.2 Å². The molecule has 1 amide bonds. The summed E-state index contributed by atoms with van der Waals surface area (Å²) >= 11 is 7.12. The van der Waals surface area contributed by atoms with Gasteiger partial charge in [-0.25, -0.2) is 0 Å². The standard InChI is InChI=1S/C18H21ClN4O3S/c1-4-9-23-17(13-5-7-14(19)8-6-13)21-22-18(23)27-11-16(25)26-10-15(24)20-12(2)3/h4-8,12H,1,9-11H2,2-3H3,(H,20,24). The predicted octanol–water partition coefficient (Wildman–Crippen LogP) is 2.94. The number of nitrogens with one attached hydrogen (secondary N) is 1. The first-order valence-electron chi connectivity index (χ1n) is 8.28. The maximum atomic E-state index is 11.9. The zero-order valence-electron chi connectivity index (χ0n) is 15.1. The van der Waals surface area contributed by atoms with Gasteiger partial charge < -0.3 is 10.1 Å². The number of aromatic nitrogens is 3. The van der Waals surface area contributed by atoms with E-state index in [1.54, 1.807) is 18.2 Å². The first-order valence-corrected chi connectivity index (χ1v) is 9.65. The summed E-state index contributed by atoms with van der Waals surface area (Å²) in [4.78, 5) is 23.4. The number of thioether (sulfide) groups is 1. The molecule has 2 aromatic rings. The maximum Gasteiger partial charge on any atom is 0.316 e. The van der Waals surface area contributed by atoms with Gasteiger partial charge in [0.15, 0.2) is 17.6 Å². The molecule has 0 aliphatic carbocycles. The SMILES string of the molecule is C=CCn1c(SCC(=O)OCC(=O)NC(C)C)nnc1-c1ccc(Cl)cc1. The molecule has 27 heavy (non-hydrogen) atoms. The number of hydrogen-bond acceptors (Lipinski definition) is 6. The monoisotopic (exact) mass is 408 g/mol. The fraction of sp³-hybridized carbons (Fsp3) is 0.333. The molecule has 0 saturated heterocycles. The molecule has 2 rings (SSSR count). The molecule has 0 aliphatic heterocycles. The molecule has 0 fully saturated rings. The number of benzene rings is 1. The van der Waals surface area contributed by atoms with Gasteiger partial charge in [0.25, 0.3) is 5.91 Å². The van der Waals surface area contributed by atoms with Crippen molar-refractivity contribution in [1.82, 2.24) is 20.1 Å². The number of halogens is 1. The number of rotatable bonds is 9. The van der Waals surface area contributed by atoms with Crippen LogP contribution in [0.2, 0.25) is 5.02 Å². The molecular weight excluding hydrogens is 388 g/mol. The van der Waals surface area contributed by atoms with E-state index in [1.165, 1.54) is 11.8 Å². The van der Waals surface area contributed by atoms with Crippen LogP contribution in [-0.4, -0.2) is 45.0 Å². The number of allylic oxidation sites excluding steroid dienone is 1. The van der Waals surface area contributed by atoms with Crippen LogP contribution in [0.3, 0.4) is 0 Å². The number of carbonyl (C=O) groups excluding carboxylic acids is 2. The Morgan fingerprint density at radius 1 is 1.33 bits per heavy atom. The van der Waals surface area contributed by atoms with Crippen LogP contribution in [0.1, 0.15) is 13.8 Å². The molecule has 0 radical (unpaired) electrons. The fourth-order valence-electron chi connectivity index (χ4n) is 2.18. The zero-order chi connectivity index (χ0) is 19.8. The first-order chi connectivity index (χ1) is 12.9. The molecule has 1 N–H and O–H groups in total. The van der Waals surface area contributed by atoms with Crippen LogP contribution in [0.15, 0.2) is 42.1 Å². The third kappa shape index (κ3) is 6.41. The lowest BCUT2D eigenvalue weighted by atomic mass is 10.2. The Morgan fingerprint density at radius 2 is 2.04 bits per heavy atom. The third-order valence-electron chi connectivity index (χ3n) is 3.26. The van der Waals surface area contributed by atoms with Gasteiger partial charge in [-0.05, 0) is 38.1 Å². The van der Waals surface area contributed by atoms with Gasteiger partial charge >= 0.3 is 5.97 Å². The highest BCUT2D eigenvalue weighted by atomic mass is 35.5. The second kappa shape index (κ2) is 10.1. The van der Waals surface area contributed by atoms with Gasteiger partial charge in [0.05, 0.1) is 5.75 Å². The maximum absolute atomic E-state index is 11.9. The van der Waals surface area contributed by atoms with Crippen molar-refractivity contribution >= 4 is 35.2 Å². The van der Waals surface area contributed by atoms with Crippen LogP contribution in [0, 0.1) is 0 Å². The van der Waals surface area contributed by atoms with Crippen molar-refractivity contribution in [2.75, 3.05) is 12.4 Å². The van der Waals surface area contributed by atoms with Gasteiger partial charge in [-0.1, -0.05) is 29.4 Å². The van der Waals surface area contributed by atoms with Gasteiger partial charge in [0.2, 0.25) is 0 Å². The Hall–Kier alpha value is -2.32. The van der Waals surface area contributed by atoms with E-state index in [4.69, 9.17) is 16.3 Å². The van der Waals surface area contributed by atoms with Gasteiger partial charge in [-0.3, -0.25) is 14.2 Å². The molecule has 1 aromatic heterocycles. The fourth-order valence-corrected chi connectivity index (χ4v) is 3.05. The molecule has 1 aromatic carbocycles. The minimum Gasteiger partial charge on any atom is -0.455 e. The lowest BCUT2D eigenvalue weighted by Gasteiger charge is -2.09. The highest BCUT2D eigenvalue weighted by Crippen LogP contribution is 2.25. The Balaban J connectivity index is 2.00. The minimum absolute atomic E-state index is 0.00526. The summed E-state index contributed by atoms with van der Waals surface area (Å²) in [6, 6.07) is 7.24. The van der Waals surface area contributed by atoms with Crippen molar-refractivity contribution in [2.45, 2.75) is 31.6 Å². The van der Waals surface area contributed by atoms with Crippen molar-refractivity contribution in [3.63, 3.8) is 0 Å². The summed E-state index contributed by atoms with van der Waals surface area (Å²) in [6.07, 6.45) is 1.72. The lowest BCUT2D eigenvalue weighted by Crippen LogP contribution is -2.34. The van der Waals surface area contributed by atoms with Crippen molar-refractivity contribution < 1.29 is 14.3 Å². The number of amides is 1. The smallest absolute Gasteiger partial charge is 0.316 e. The molecule has 0 spiro atoms. The number of hydrogen-bond donors (Lipinski definition) is 1. The van der Waals surface area contributed by atoms with Crippen molar-refractivity contribution in [2.24, 2.45) is 0 Å². The number of carbonyl (C=O) groups is 2. The molecule has 0 bridgehead atoms.